The molecule has 0 radical (unpaired) electrons. The molecule has 1 aliphatic rings. The van der Waals surface area contributed by atoms with E-state index in [0.29, 0.717) is 12.8 Å². The van der Waals surface area contributed by atoms with Gasteiger partial charge in [0.1, 0.15) is 24.4 Å². The number of rotatable bonds is 48. The average molecular weight is 966 g/mol. The third-order valence-corrected chi connectivity index (χ3v) is 13.6. The first-order valence-electron chi connectivity index (χ1n) is 28.6. The molecule has 8 unspecified atom stereocenters. The van der Waals surface area contributed by atoms with E-state index in [0.717, 1.165) is 70.6 Å². The Morgan fingerprint density at radius 2 is 0.971 bits per heavy atom. The third kappa shape index (κ3) is 34.5. The summed E-state index contributed by atoms with van der Waals surface area (Å²) in [5.41, 5.74) is 0. The number of allylic oxidation sites excluding steroid dienone is 3. The second-order valence-corrected chi connectivity index (χ2v) is 20.0. The topological polar surface area (TPSA) is 175 Å². The second kappa shape index (κ2) is 46.2. The summed E-state index contributed by atoms with van der Waals surface area (Å²) < 4.78 is 17.6. The number of aliphatic hydroxyl groups is 5. The van der Waals surface area contributed by atoms with E-state index < -0.39 is 67.4 Å². The molecule has 1 heterocycles. The van der Waals surface area contributed by atoms with E-state index in [-0.39, 0.29) is 19.4 Å². The number of unbranched alkanes of at least 4 members (excludes halogenated alkanes) is 32. The molecular formula is C57H107NO10. The van der Waals surface area contributed by atoms with Gasteiger partial charge in [-0.05, 0) is 51.4 Å². The number of carbonyl (C=O) groups is 2. The molecule has 8 atom stereocenters. The summed E-state index contributed by atoms with van der Waals surface area (Å²) in [6, 6.07) is -1.02. The Kier molecular flexibility index (Phi) is 43.6. The highest BCUT2D eigenvalue weighted by Crippen LogP contribution is 2.26. The maximum atomic E-state index is 13.3. The zero-order valence-corrected chi connectivity index (χ0v) is 44.0. The number of ether oxygens (including phenoxy) is 3. The van der Waals surface area contributed by atoms with Crippen molar-refractivity contribution in [3.63, 3.8) is 0 Å². The van der Waals surface area contributed by atoms with Gasteiger partial charge in [0, 0.05) is 6.42 Å². The van der Waals surface area contributed by atoms with Gasteiger partial charge in [0.15, 0.2) is 12.4 Å². The van der Waals surface area contributed by atoms with Crippen LogP contribution in [-0.4, -0.2) is 99.6 Å². The van der Waals surface area contributed by atoms with Gasteiger partial charge in [0.2, 0.25) is 5.91 Å². The van der Waals surface area contributed by atoms with Crippen molar-refractivity contribution in [1.29, 1.82) is 0 Å². The number of esters is 1. The van der Waals surface area contributed by atoms with Crippen molar-refractivity contribution in [2.75, 3.05) is 13.2 Å². The molecule has 400 valence electrons. The maximum Gasteiger partial charge on any atom is 0.306 e. The SMILES string of the molecule is CCCCCC/C=C\CCCCCCCCC(O)C(=O)NC(COC1OC(CO)C(O)C(O)C1OC(=O)CCCCCCCCCCCCCCCC)C(O)/C=C/CCCCCCCCCCC. The molecule has 1 amide bonds. The fraction of sp³-hybridized carbons (Fsp3) is 0.895. The van der Waals surface area contributed by atoms with Crippen LogP contribution in [-0.2, 0) is 23.8 Å². The molecule has 68 heavy (non-hydrogen) atoms. The van der Waals surface area contributed by atoms with Gasteiger partial charge in [0.25, 0.3) is 0 Å². The molecule has 0 aromatic carbocycles. The molecule has 0 saturated carbocycles. The molecule has 0 aromatic rings. The van der Waals surface area contributed by atoms with Gasteiger partial charge in [-0.1, -0.05) is 231 Å². The summed E-state index contributed by atoms with van der Waals surface area (Å²) in [4.78, 5) is 26.4. The van der Waals surface area contributed by atoms with E-state index in [9.17, 15) is 35.1 Å². The summed E-state index contributed by atoms with van der Waals surface area (Å²) >= 11 is 0. The van der Waals surface area contributed by atoms with Crippen LogP contribution in [0.15, 0.2) is 24.3 Å². The zero-order chi connectivity index (χ0) is 49.7. The molecule has 0 bridgehead atoms. The first-order chi connectivity index (χ1) is 33.2. The molecule has 6 N–H and O–H groups in total. The van der Waals surface area contributed by atoms with Crippen LogP contribution in [0.3, 0.4) is 0 Å². The van der Waals surface area contributed by atoms with Crippen molar-refractivity contribution >= 4 is 11.9 Å². The fourth-order valence-corrected chi connectivity index (χ4v) is 9.00. The van der Waals surface area contributed by atoms with Gasteiger partial charge in [-0.2, -0.15) is 0 Å². The van der Waals surface area contributed by atoms with E-state index in [4.69, 9.17) is 14.2 Å². The first kappa shape index (κ1) is 64.2. The Balaban J connectivity index is 2.73. The number of carbonyl (C=O) groups excluding carboxylic acids is 2. The van der Waals surface area contributed by atoms with E-state index >= 15 is 0 Å². The van der Waals surface area contributed by atoms with Gasteiger partial charge in [-0.15, -0.1) is 0 Å². The van der Waals surface area contributed by atoms with Crippen LogP contribution in [0, 0.1) is 0 Å². The van der Waals surface area contributed by atoms with Crippen LogP contribution < -0.4 is 5.32 Å². The second-order valence-electron chi connectivity index (χ2n) is 20.0. The number of hydrogen-bond acceptors (Lipinski definition) is 10. The predicted octanol–water partition coefficient (Wildman–Crippen LogP) is 12.6. The van der Waals surface area contributed by atoms with Gasteiger partial charge in [-0.25, -0.2) is 0 Å². The van der Waals surface area contributed by atoms with Crippen LogP contribution in [0.1, 0.15) is 265 Å². The largest absolute Gasteiger partial charge is 0.454 e. The lowest BCUT2D eigenvalue weighted by Crippen LogP contribution is -2.61. The van der Waals surface area contributed by atoms with Crippen LogP contribution in [0.25, 0.3) is 0 Å². The van der Waals surface area contributed by atoms with Gasteiger partial charge in [-0.3, -0.25) is 9.59 Å². The van der Waals surface area contributed by atoms with Crippen molar-refractivity contribution < 1.29 is 49.3 Å². The fourth-order valence-electron chi connectivity index (χ4n) is 9.00. The van der Waals surface area contributed by atoms with Gasteiger partial charge < -0.3 is 45.1 Å². The van der Waals surface area contributed by atoms with Crippen molar-refractivity contribution in [2.45, 2.75) is 314 Å². The standard InChI is InChI=1S/C57H107NO10/c1-4-7-10-13-16-19-22-24-26-29-32-35-38-41-44-50(61)56(65)58-48(49(60)43-40-37-34-31-28-21-18-15-12-9-6-3)47-66-57-55(54(64)53(63)51(46-59)67-57)68-52(62)45-42-39-36-33-30-27-25-23-20-17-14-11-8-5-2/h19,22,40,43,48-51,53-55,57,59-61,63-64H,4-18,20-21,23-39,41-42,44-47H2,1-3H3,(H,58,65)/b22-19-,43-40+. The lowest BCUT2D eigenvalue weighted by atomic mass is 9.99. The molecule has 0 aliphatic carbocycles. The molecular weight excluding hydrogens is 859 g/mol. The van der Waals surface area contributed by atoms with Crippen molar-refractivity contribution in [1.82, 2.24) is 5.32 Å². The summed E-state index contributed by atoms with van der Waals surface area (Å²) in [7, 11) is 0. The van der Waals surface area contributed by atoms with Crippen molar-refractivity contribution in [3.8, 4) is 0 Å². The normalized spacial score (nSPS) is 20.0. The van der Waals surface area contributed by atoms with E-state index in [2.05, 4.69) is 38.2 Å². The molecule has 1 rings (SSSR count). The summed E-state index contributed by atoms with van der Waals surface area (Å²) in [6.07, 6.45) is 40.8. The summed E-state index contributed by atoms with van der Waals surface area (Å²) in [5, 5.41) is 56.7. The smallest absolute Gasteiger partial charge is 0.306 e. The third-order valence-electron chi connectivity index (χ3n) is 13.6. The Labute approximate surface area is 416 Å². The van der Waals surface area contributed by atoms with Crippen molar-refractivity contribution in [3.05, 3.63) is 24.3 Å². The molecule has 1 saturated heterocycles. The number of hydrogen-bond donors (Lipinski definition) is 6. The van der Waals surface area contributed by atoms with E-state index in [1.54, 1.807) is 6.08 Å². The highest BCUT2D eigenvalue weighted by atomic mass is 16.7. The number of aliphatic hydroxyl groups excluding tert-OH is 5. The van der Waals surface area contributed by atoms with Gasteiger partial charge >= 0.3 is 5.97 Å². The molecule has 1 fully saturated rings. The van der Waals surface area contributed by atoms with Crippen LogP contribution in [0.2, 0.25) is 0 Å². The minimum absolute atomic E-state index is 0.128. The Hall–Kier alpha value is -1.86. The van der Waals surface area contributed by atoms with Crippen LogP contribution in [0.5, 0.6) is 0 Å². The molecule has 0 spiro atoms. The maximum absolute atomic E-state index is 13.3. The van der Waals surface area contributed by atoms with E-state index in [1.165, 1.54) is 148 Å². The lowest BCUT2D eigenvalue weighted by Gasteiger charge is -2.41. The first-order valence-corrected chi connectivity index (χ1v) is 28.6. The molecule has 0 aromatic heterocycles. The molecule has 1 aliphatic heterocycles. The Bertz CT molecular complexity index is 1200. The Morgan fingerprint density at radius 1 is 0.559 bits per heavy atom. The summed E-state index contributed by atoms with van der Waals surface area (Å²) in [5.74, 6) is -1.19. The van der Waals surface area contributed by atoms with Crippen LogP contribution >= 0.6 is 0 Å². The zero-order valence-electron chi connectivity index (χ0n) is 44.0. The quantitative estimate of drug-likeness (QED) is 0.0196. The van der Waals surface area contributed by atoms with Crippen LogP contribution in [0.4, 0.5) is 0 Å². The highest BCUT2D eigenvalue weighted by Gasteiger charge is 2.47. The monoisotopic (exact) mass is 966 g/mol. The highest BCUT2D eigenvalue weighted by molar-refractivity contribution is 5.80. The lowest BCUT2D eigenvalue weighted by molar-refractivity contribution is -0.305. The molecule has 11 nitrogen and oxygen atoms in total. The minimum atomic E-state index is -1.61. The Morgan fingerprint density at radius 3 is 1.44 bits per heavy atom. The van der Waals surface area contributed by atoms with Gasteiger partial charge in [0.05, 0.1) is 25.4 Å². The van der Waals surface area contributed by atoms with Crippen molar-refractivity contribution in [2.24, 2.45) is 0 Å². The van der Waals surface area contributed by atoms with E-state index in [1.807, 2.05) is 6.08 Å². The average Bonchev–Trinajstić information content (AvgIpc) is 3.33. The summed E-state index contributed by atoms with van der Waals surface area (Å²) in [6.45, 7) is 5.76. The predicted molar refractivity (Wildman–Crippen MR) is 278 cm³/mol. The number of amides is 1. The minimum Gasteiger partial charge on any atom is -0.454 e. The number of nitrogens with one attached hydrogen (secondary N) is 1. The molecule has 11 heteroatoms.